The molecule has 0 aliphatic rings. The molecule has 5 heteroatoms. The van der Waals surface area contributed by atoms with E-state index in [1.165, 1.54) is 0 Å². The minimum atomic E-state index is 0.000347. The van der Waals surface area contributed by atoms with E-state index in [2.05, 4.69) is 5.16 Å². The van der Waals surface area contributed by atoms with E-state index in [-0.39, 0.29) is 13.2 Å². The smallest absolute Gasteiger partial charge is 0.229 e. The van der Waals surface area contributed by atoms with Gasteiger partial charge in [-0.25, -0.2) is 0 Å². The molecule has 0 fully saturated rings. The van der Waals surface area contributed by atoms with Crippen LogP contribution in [0.4, 0.5) is 5.88 Å². The predicted octanol–water partition coefficient (Wildman–Crippen LogP) is 1.29. The third-order valence-electron chi connectivity index (χ3n) is 2.12. The summed E-state index contributed by atoms with van der Waals surface area (Å²) in [7, 11) is 0. The van der Waals surface area contributed by atoms with Gasteiger partial charge in [0.15, 0.2) is 0 Å². The van der Waals surface area contributed by atoms with Crippen LogP contribution >= 0.6 is 0 Å². The number of rotatable bonds is 4. The highest BCUT2D eigenvalue weighted by molar-refractivity contribution is 5.72. The maximum absolute atomic E-state index is 8.61. The summed E-state index contributed by atoms with van der Waals surface area (Å²) < 4.78 is 10.0. The first-order valence-electron chi connectivity index (χ1n) is 4.85. The predicted molar refractivity (Wildman–Crippen MR) is 58.9 cm³/mol. The Hall–Kier alpha value is -2.01. The molecule has 0 saturated heterocycles. The van der Waals surface area contributed by atoms with E-state index in [1.54, 1.807) is 18.3 Å². The lowest BCUT2D eigenvalue weighted by Crippen LogP contribution is -2.01. The Kier molecular flexibility index (Phi) is 3.07. The summed E-state index contributed by atoms with van der Waals surface area (Å²) >= 11 is 0. The van der Waals surface area contributed by atoms with Gasteiger partial charge in [-0.05, 0) is 17.7 Å². The molecule has 16 heavy (non-hydrogen) atoms. The third-order valence-corrected chi connectivity index (χ3v) is 2.12. The van der Waals surface area contributed by atoms with Gasteiger partial charge in [-0.2, -0.15) is 0 Å². The van der Waals surface area contributed by atoms with Crippen molar-refractivity contribution in [3.63, 3.8) is 0 Å². The molecule has 84 valence electrons. The molecule has 5 nitrogen and oxygen atoms in total. The molecule has 0 atom stereocenters. The number of aliphatic hydroxyl groups is 1. The average Bonchev–Trinajstić information content (AvgIpc) is 2.74. The number of nitrogens with zero attached hydrogens (tertiary/aromatic N) is 1. The Morgan fingerprint density at radius 1 is 1.31 bits per heavy atom. The molecule has 0 aliphatic heterocycles. The largest absolute Gasteiger partial charge is 0.491 e. The summed E-state index contributed by atoms with van der Waals surface area (Å²) in [6, 6.07) is 7.32. The highest BCUT2D eigenvalue weighted by Crippen LogP contribution is 2.26. The monoisotopic (exact) mass is 220 g/mol. The van der Waals surface area contributed by atoms with Gasteiger partial charge < -0.3 is 20.1 Å². The van der Waals surface area contributed by atoms with E-state index >= 15 is 0 Å². The van der Waals surface area contributed by atoms with Gasteiger partial charge in [0.1, 0.15) is 12.4 Å². The van der Waals surface area contributed by atoms with Crippen LogP contribution in [0, 0.1) is 0 Å². The van der Waals surface area contributed by atoms with Crippen LogP contribution in [0.2, 0.25) is 0 Å². The van der Waals surface area contributed by atoms with Crippen LogP contribution in [0.3, 0.4) is 0 Å². The molecule has 0 aliphatic carbocycles. The summed E-state index contributed by atoms with van der Waals surface area (Å²) in [5.41, 5.74) is 7.27. The lowest BCUT2D eigenvalue weighted by Gasteiger charge is -2.04. The van der Waals surface area contributed by atoms with Crippen molar-refractivity contribution < 1.29 is 14.4 Å². The number of benzene rings is 1. The zero-order chi connectivity index (χ0) is 11.4. The standard InChI is InChI=1S/C11H12N2O3/c12-11-10(7-13-16-11)8-1-3-9(4-2-8)15-6-5-14/h1-4,7,14H,5-6,12H2. The molecule has 1 aromatic carbocycles. The lowest BCUT2D eigenvalue weighted by molar-refractivity contribution is 0.201. The number of anilines is 1. The highest BCUT2D eigenvalue weighted by Gasteiger charge is 2.06. The third kappa shape index (κ3) is 2.14. The van der Waals surface area contributed by atoms with Gasteiger partial charge in [-0.3, -0.25) is 0 Å². The zero-order valence-corrected chi connectivity index (χ0v) is 8.59. The van der Waals surface area contributed by atoms with Gasteiger partial charge in [-0.1, -0.05) is 17.3 Å². The van der Waals surface area contributed by atoms with Crippen LogP contribution in [-0.4, -0.2) is 23.5 Å². The van der Waals surface area contributed by atoms with Gasteiger partial charge in [-0.15, -0.1) is 0 Å². The molecule has 0 saturated carbocycles. The first-order valence-corrected chi connectivity index (χ1v) is 4.85. The number of hydrogen-bond acceptors (Lipinski definition) is 5. The fourth-order valence-corrected chi connectivity index (χ4v) is 1.36. The Balaban J connectivity index is 2.16. The molecular weight excluding hydrogens is 208 g/mol. The van der Waals surface area contributed by atoms with Crippen LogP contribution in [0.15, 0.2) is 35.0 Å². The molecule has 0 spiro atoms. The van der Waals surface area contributed by atoms with Gasteiger partial charge in [0, 0.05) is 0 Å². The Labute approximate surface area is 92.4 Å². The second-order valence-electron chi connectivity index (χ2n) is 3.20. The van der Waals surface area contributed by atoms with Crippen molar-refractivity contribution >= 4 is 5.88 Å². The summed E-state index contributed by atoms with van der Waals surface area (Å²) in [6.07, 6.45) is 1.57. The summed E-state index contributed by atoms with van der Waals surface area (Å²) in [6.45, 7) is 0.287. The molecule has 2 aromatic rings. The van der Waals surface area contributed by atoms with Gasteiger partial charge in [0.05, 0.1) is 18.4 Å². The Morgan fingerprint density at radius 3 is 2.62 bits per heavy atom. The van der Waals surface area contributed by atoms with E-state index in [0.717, 1.165) is 11.1 Å². The van der Waals surface area contributed by atoms with E-state index in [0.29, 0.717) is 11.6 Å². The van der Waals surface area contributed by atoms with Gasteiger partial charge in [0.25, 0.3) is 0 Å². The van der Waals surface area contributed by atoms with Crippen LogP contribution < -0.4 is 10.5 Å². The SMILES string of the molecule is Nc1oncc1-c1ccc(OCCO)cc1. The number of aromatic nitrogens is 1. The summed E-state index contributed by atoms with van der Waals surface area (Å²) in [5, 5.41) is 12.2. The van der Waals surface area contributed by atoms with Crippen molar-refractivity contribution in [3.05, 3.63) is 30.5 Å². The highest BCUT2D eigenvalue weighted by atomic mass is 16.5. The lowest BCUT2D eigenvalue weighted by atomic mass is 10.1. The fraction of sp³-hybridized carbons (Fsp3) is 0.182. The quantitative estimate of drug-likeness (QED) is 0.811. The Bertz CT molecular complexity index is 451. The minimum Gasteiger partial charge on any atom is -0.491 e. The maximum Gasteiger partial charge on any atom is 0.229 e. The molecule has 3 N–H and O–H groups in total. The normalized spacial score (nSPS) is 10.3. The van der Waals surface area contributed by atoms with E-state index < -0.39 is 0 Å². The summed E-state index contributed by atoms with van der Waals surface area (Å²) in [5.74, 6) is 0.997. The number of nitrogen functional groups attached to an aromatic ring is 1. The molecular formula is C11H12N2O3. The van der Waals surface area contributed by atoms with Crippen LogP contribution in [0.5, 0.6) is 5.75 Å². The molecule has 0 unspecified atom stereocenters. The van der Waals surface area contributed by atoms with Crippen molar-refractivity contribution in [2.75, 3.05) is 18.9 Å². The minimum absolute atomic E-state index is 0.000347. The van der Waals surface area contributed by atoms with Crippen LogP contribution in [0.25, 0.3) is 11.1 Å². The van der Waals surface area contributed by atoms with Gasteiger partial charge in [0.2, 0.25) is 5.88 Å². The van der Waals surface area contributed by atoms with E-state index in [1.807, 2.05) is 12.1 Å². The van der Waals surface area contributed by atoms with E-state index in [4.69, 9.17) is 20.1 Å². The number of nitrogens with two attached hydrogens (primary N) is 1. The van der Waals surface area contributed by atoms with Crippen molar-refractivity contribution in [1.29, 1.82) is 0 Å². The summed E-state index contributed by atoms with van der Waals surface area (Å²) in [4.78, 5) is 0. The number of aliphatic hydroxyl groups excluding tert-OH is 1. The molecule has 2 rings (SSSR count). The van der Waals surface area contributed by atoms with Crippen molar-refractivity contribution in [1.82, 2.24) is 5.16 Å². The number of hydrogen-bond donors (Lipinski definition) is 2. The van der Waals surface area contributed by atoms with Crippen molar-refractivity contribution in [3.8, 4) is 16.9 Å². The maximum atomic E-state index is 8.61. The molecule has 1 aromatic heterocycles. The van der Waals surface area contributed by atoms with Crippen LogP contribution in [0.1, 0.15) is 0 Å². The molecule has 1 heterocycles. The van der Waals surface area contributed by atoms with Crippen molar-refractivity contribution in [2.24, 2.45) is 0 Å². The molecule has 0 bridgehead atoms. The second-order valence-corrected chi connectivity index (χ2v) is 3.20. The van der Waals surface area contributed by atoms with E-state index in [9.17, 15) is 0 Å². The first kappa shape index (κ1) is 10.5. The van der Waals surface area contributed by atoms with Gasteiger partial charge >= 0.3 is 0 Å². The zero-order valence-electron chi connectivity index (χ0n) is 8.59. The number of ether oxygens (including phenoxy) is 1. The first-order chi connectivity index (χ1) is 7.81. The molecule has 0 radical (unpaired) electrons. The van der Waals surface area contributed by atoms with Crippen molar-refractivity contribution in [2.45, 2.75) is 0 Å². The Morgan fingerprint density at radius 2 is 2.06 bits per heavy atom. The second kappa shape index (κ2) is 4.67. The van der Waals surface area contributed by atoms with Crippen LogP contribution in [-0.2, 0) is 0 Å². The molecule has 0 amide bonds. The topological polar surface area (TPSA) is 81.5 Å². The average molecular weight is 220 g/mol. The fourth-order valence-electron chi connectivity index (χ4n) is 1.36.